The Hall–Kier alpha value is -1.64. The maximum Gasteiger partial charge on any atom is 0.404 e. The molecule has 7 nitrogen and oxygen atoms in total. The number of nitrogens with zero attached hydrogens (tertiary/aromatic N) is 1. The molecule has 0 spiro atoms. The summed E-state index contributed by atoms with van der Waals surface area (Å²) in [6.07, 6.45) is 0.486. The highest BCUT2D eigenvalue weighted by Gasteiger charge is 2.39. The van der Waals surface area contributed by atoms with E-state index in [-0.39, 0.29) is 31.8 Å². The van der Waals surface area contributed by atoms with E-state index < -0.39 is 21.8 Å². The van der Waals surface area contributed by atoms with Crippen LogP contribution in [0.3, 0.4) is 0 Å². The number of aliphatic hydroxyl groups is 1. The van der Waals surface area contributed by atoms with Crippen molar-refractivity contribution in [1.82, 2.24) is 9.62 Å². The van der Waals surface area contributed by atoms with Crippen molar-refractivity contribution in [3.63, 3.8) is 0 Å². The number of sulfonamides is 1. The van der Waals surface area contributed by atoms with Gasteiger partial charge < -0.3 is 15.5 Å². The van der Waals surface area contributed by atoms with Crippen LogP contribution in [-0.4, -0.2) is 54.1 Å². The van der Waals surface area contributed by atoms with Gasteiger partial charge in [-0.3, -0.25) is 0 Å². The van der Waals surface area contributed by atoms with Crippen molar-refractivity contribution in [1.29, 1.82) is 0 Å². The molecule has 1 atom stereocenters. The zero-order valence-corrected chi connectivity index (χ0v) is 15.8. The minimum Gasteiger partial charge on any atom is -0.465 e. The van der Waals surface area contributed by atoms with Crippen LogP contribution in [0.25, 0.3) is 0 Å². The highest BCUT2D eigenvalue weighted by molar-refractivity contribution is 7.88. The first-order chi connectivity index (χ1) is 11.5. The Morgan fingerprint density at radius 1 is 1.28 bits per heavy atom. The number of hydrogen-bond donors (Lipinski definition) is 3. The summed E-state index contributed by atoms with van der Waals surface area (Å²) in [5.41, 5.74) is -0.926. The lowest BCUT2D eigenvalue weighted by Crippen LogP contribution is -2.54. The quantitative estimate of drug-likeness (QED) is 0.544. The number of amides is 1. The van der Waals surface area contributed by atoms with Crippen molar-refractivity contribution >= 4 is 16.1 Å². The fraction of sp³-hybridized carbons (Fsp3) is 0.588. The second-order valence-corrected chi connectivity index (χ2v) is 8.55. The molecular weight excluding hydrogens is 344 g/mol. The Morgan fingerprint density at radius 3 is 2.36 bits per heavy atom. The van der Waals surface area contributed by atoms with E-state index in [0.29, 0.717) is 6.42 Å². The van der Waals surface area contributed by atoms with Gasteiger partial charge in [0.2, 0.25) is 10.0 Å². The molecule has 142 valence electrons. The Kier molecular flexibility index (Phi) is 7.85. The number of nitrogens with one attached hydrogen (secondary N) is 1. The molecular formula is C17H28N2O5S. The number of carbonyl (C=O) groups is 1. The second kappa shape index (κ2) is 9.17. The van der Waals surface area contributed by atoms with Crippen LogP contribution in [0.1, 0.15) is 32.3 Å². The van der Waals surface area contributed by atoms with Gasteiger partial charge in [0.1, 0.15) is 5.72 Å². The van der Waals surface area contributed by atoms with Gasteiger partial charge in [0, 0.05) is 25.9 Å². The number of benzene rings is 1. The first-order valence-corrected chi connectivity index (χ1v) is 10.1. The number of hydrogen-bond acceptors (Lipinski definition) is 4. The maximum atomic E-state index is 12.3. The van der Waals surface area contributed by atoms with Crippen molar-refractivity contribution in [3.05, 3.63) is 35.9 Å². The van der Waals surface area contributed by atoms with Gasteiger partial charge in [-0.05, 0) is 17.9 Å². The van der Waals surface area contributed by atoms with Gasteiger partial charge in [0.15, 0.2) is 0 Å². The number of rotatable bonds is 10. The molecule has 0 aliphatic heterocycles. The van der Waals surface area contributed by atoms with Gasteiger partial charge in [0.25, 0.3) is 0 Å². The molecule has 0 saturated heterocycles. The van der Waals surface area contributed by atoms with Crippen LogP contribution in [0.5, 0.6) is 0 Å². The van der Waals surface area contributed by atoms with Gasteiger partial charge in [-0.25, -0.2) is 13.2 Å². The molecule has 1 aromatic rings. The summed E-state index contributed by atoms with van der Waals surface area (Å²) < 4.78 is 25.7. The Labute approximate surface area is 149 Å². The molecule has 0 saturated carbocycles. The summed E-state index contributed by atoms with van der Waals surface area (Å²) >= 11 is 0. The molecule has 0 aliphatic rings. The predicted molar refractivity (Wildman–Crippen MR) is 96.7 cm³/mol. The SMILES string of the molecule is CC(C)CCN(C(O)(CCNC(=O)O)Cc1ccccc1)S(C)(=O)=O. The Morgan fingerprint density at radius 2 is 1.88 bits per heavy atom. The summed E-state index contributed by atoms with van der Waals surface area (Å²) in [5, 5.41) is 22.1. The van der Waals surface area contributed by atoms with Gasteiger partial charge >= 0.3 is 6.09 Å². The summed E-state index contributed by atoms with van der Waals surface area (Å²) in [7, 11) is -3.68. The lowest BCUT2D eigenvalue weighted by molar-refractivity contribution is -0.0671. The Balaban J connectivity index is 3.12. The first kappa shape index (κ1) is 21.4. The van der Waals surface area contributed by atoms with Gasteiger partial charge in [-0.1, -0.05) is 44.2 Å². The largest absolute Gasteiger partial charge is 0.465 e. The third kappa shape index (κ3) is 7.41. The molecule has 0 fully saturated rings. The van der Waals surface area contributed by atoms with Crippen molar-refractivity contribution in [2.75, 3.05) is 19.3 Å². The van der Waals surface area contributed by atoms with Gasteiger partial charge in [0.05, 0.1) is 6.26 Å². The van der Waals surface area contributed by atoms with E-state index in [1.54, 1.807) is 12.1 Å². The van der Waals surface area contributed by atoms with E-state index >= 15 is 0 Å². The lowest BCUT2D eigenvalue weighted by atomic mass is 9.98. The van der Waals surface area contributed by atoms with Crippen molar-refractivity contribution < 1.29 is 23.4 Å². The topological polar surface area (TPSA) is 107 Å². The molecule has 3 N–H and O–H groups in total. The molecule has 25 heavy (non-hydrogen) atoms. The zero-order chi connectivity index (χ0) is 19.1. The fourth-order valence-corrected chi connectivity index (χ4v) is 3.86. The van der Waals surface area contributed by atoms with Crippen LogP contribution in [0.15, 0.2) is 30.3 Å². The van der Waals surface area contributed by atoms with Crippen LogP contribution >= 0.6 is 0 Å². The summed E-state index contributed by atoms with van der Waals surface area (Å²) in [6.45, 7) is 4.07. The molecule has 0 bridgehead atoms. The minimum atomic E-state index is -3.68. The van der Waals surface area contributed by atoms with Crippen LogP contribution in [0.2, 0.25) is 0 Å². The molecule has 0 heterocycles. The third-order valence-corrected chi connectivity index (χ3v) is 5.23. The first-order valence-electron chi connectivity index (χ1n) is 8.25. The molecule has 8 heteroatoms. The number of carboxylic acid groups (broad SMARTS) is 1. The van der Waals surface area contributed by atoms with E-state index in [4.69, 9.17) is 5.11 Å². The maximum absolute atomic E-state index is 12.3. The normalized spacial score (nSPS) is 14.5. The summed E-state index contributed by atoms with van der Waals surface area (Å²) in [5.74, 6) is 0.266. The predicted octanol–water partition coefficient (Wildman–Crippen LogP) is 1.88. The molecule has 1 aromatic carbocycles. The lowest BCUT2D eigenvalue weighted by Gasteiger charge is -2.38. The van der Waals surface area contributed by atoms with Crippen molar-refractivity contribution in [3.8, 4) is 0 Å². The minimum absolute atomic E-state index is 0.0423. The molecule has 1 unspecified atom stereocenters. The molecule has 0 radical (unpaired) electrons. The van der Waals surface area contributed by atoms with E-state index in [9.17, 15) is 18.3 Å². The van der Waals surface area contributed by atoms with Crippen LogP contribution in [-0.2, 0) is 16.4 Å². The summed E-state index contributed by atoms with van der Waals surface area (Å²) in [6, 6.07) is 9.06. The third-order valence-electron chi connectivity index (χ3n) is 3.91. The highest BCUT2D eigenvalue weighted by Crippen LogP contribution is 2.26. The fourth-order valence-electron chi connectivity index (χ4n) is 2.65. The average Bonchev–Trinajstić information content (AvgIpc) is 2.46. The van der Waals surface area contributed by atoms with Gasteiger partial charge in [-0.2, -0.15) is 4.31 Å². The van der Waals surface area contributed by atoms with Crippen molar-refractivity contribution in [2.24, 2.45) is 5.92 Å². The monoisotopic (exact) mass is 372 g/mol. The van der Waals surface area contributed by atoms with E-state index in [2.05, 4.69) is 5.32 Å². The zero-order valence-electron chi connectivity index (χ0n) is 15.0. The second-order valence-electron chi connectivity index (χ2n) is 6.64. The van der Waals surface area contributed by atoms with E-state index in [0.717, 1.165) is 16.1 Å². The highest BCUT2D eigenvalue weighted by atomic mass is 32.2. The molecule has 1 rings (SSSR count). The standard InChI is InChI=1S/C17H28N2O5S/c1-14(2)9-12-19(25(3,23)24)17(22,10-11-18-16(20)21)13-15-7-5-4-6-8-15/h4-8,14,18,22H,9-13H2,1-3H3,(H,20,21). The van der Waals surface area contributed by atoms with Gasteiger partial charge in [-0.15, -0.1) is 0 Å². The van der Waals surface area contributed by atoms with Crippen molar-refractivity contribution in [2.45, 2.75) is 38.8 Å². The van der Waals surface area contributed by atoms with Crippen LogP contribution in [0, 0.1) is 5.92 Å². The smallest absolute Gasteiger partial charge is 0.404 e. The van der Waals surface area contributed by atoms with E-state index in [1.807, 2.05) is 32.0 Å². The molecule has 0 aliphatic carbocycles. The molecule has 1 amide bonds. The van der Waals surface area contributed by atoms with Crippen LogP contribution in [0.4, 0.5) is 4.79 Å². The van der Waals surface area contributed by atoms with Crippen LogP contribution < -0.4 is 5.32 Å². The summed E-state index contributed by atoms with van der Waals surface area (Å²) in [4.78, 5) is 10.7. The molecule has 0 aromatic heterocycles. The Bertz CT molecular complexity index is 648. The average molecular weight is 372 g/mol. The van der Waals surface area contributed by atoms with E-state index in [1.165, 1.54) is 0 Å².